The standard InChI is InChI=1S/C20H20FN3O/c1-13-4-8-17(9-5-13)22-20(25)12-19-14(2)23-24(15(19)3)18-10-6-16(21)7-11-18/h4-11H,12H2,1-3H3,(H,22,25). The largest absolute Gasteiger partial charge is 0.326 e. The molecule has 1 heterocycles. The van der Waals surface area contributed by atoms with E-state index >= 15 is 0 Å². The number of aryl methyl sites for hydroxylation is 2. The third-order valence-corrected chi connectivity index (χ3v) is 4.19. The second-order valence-electron chi connectivity index (χ2n) is 6.13. The van der Waals surface area contributed by atoms with Gasteiger partial charge in [0.1, 0.15) is 5.82 Å². The van der Waals surface area contributed by atoms with Gasteiger partial charge in [-0.1, -0.05) is 17.7 Å². The van der Waals surface area contributed by atoms with Gasteiger partial charge in [-0.25, -0.2) is 9.07 Å². The quantitative estimate of drug-likeness (QED) is 0.778. The summed E-state index contributed by atoms with van der Waals surface area (Å²) in [5, 5.41) is 7.40. The third kappa shape index (κ3) is 3.76. The highest BCUT2D eigenvalue weighted by atomic mass is 19.1. The summed E-state index contributed by atoms with van der Waals surface area (Å²) in [6.45, 7) is 5.79. The van der Waals surface area contributed by atoms with Crippen molar-refractivity contribution in [2.45, 2.75) is 27.2 Å². The molecule has 0 spiro atoms. The molecule has 1 aromatic heterocycles. The van der Waals surface area contributed by atoms with Gasteiger partial charge in [-0.05, 0) is 57.2 Å². The van der Waals surface area contributed by atoms with Crippen LogP contribution in [0.1, 0.15) is 22.5 Å². The lowest BCUT2D eigenvalue weighted by atomic mass is 10.1. The van der Waals surface area contributed by atoms with Gasteiger partial charge in [0.05, 0.1) is 17.8 Å². The molecule has 3 rings (SSSR count). The average Bonchev–Trinajstić information content (AvgIpc) is 2.86. The smallest absolute Gasteiger partial charge is 0.228 e. The van der Waals surface area contributed by atoms with Crippen LogP contribution in [0.3, 0.4) is 0 Å². The molecule has 128 valence electrons. The van der Waals surface area contributed by atoms with E-state index in [-0.39, 0.29) is 18.1 Å². The van der Waals surface area contributed by atoms with Crippen LogP contribution >= 0.6 is 0 Å². The molecule has 1 N–H and O–H groups in total. The van der Waals surface area contributed by atoms with Gasteiger partial charge in [0.25, 0.3) is 0 Å². The first-order chi connectivity index (χ1) is 11.9. The molecule has 3 aromatic rings. The molecule has 4 nitrogen and oxygen atoms in total. The Kier molecular flexibility index (Phi) is 4.65. The molecular weight excluding hydrogens is 317 g/mol. The first kappa shape index (κ1) is 16.9. The molecule has 5 heteroatoms. The molecule has 0 aliphatic heterocycles. The zero-order valence-electron chi connectivity index (χ0n) is 14.5. The predicted octanol–water partition coefficient (Wildman–Crippen LogP) is 4.12. The first-order valence-electron chi connectivity index (χ1n) is 8.11. The lowest BCUT2D eigenvalue weighted by Gasteiger charge is -2.07. The van der Waals surface area contributed by atoms with E-state index in [1.54, 1.807) is 16.8 Å². The van der Waals surface area contributed by atoms with Crippen molar-refractivity contribution >= 4 is 11.6 Å². The summed E-state index contributed by atoms with van der Waals surface area (Å²) in [7, 11) is 0. The second kappa shape index (κ2) is 6.89. The number of benzene rings is 2. The van der Waals surface area contributed by atoms with Crippen molar-refractivity contribution in [1.29, 1.82) is 0 Å². The Morgan fingerprint density at radius 1 is 1.04 bits per heavy atom. The average molecular weight is 337 g/mol. The molecule has 25 heavy (non-hydrogen) atoms. The molecule has 0 radical (unpaired) electrons. The van der Waals surface area contributed by atoms with E-state index in [1.807, 2.05) is 45.0 Å². The molecule has 0 aliphatic rings. The van der Waals surface area contributed by atoms with Crippen LogP contribution in [-0.4, -0.2) is 15.7 Å². The summed E-state index contributed by atoms with van der Waals surface area (Å²) in [6, 6.07) is 13.8. The Hall–Kier alpha value is -2.95. The van der Waals surface area contributed by atoms with E-state index in [0.29, 0.717) is 0 Å². The molecule has 0 saturated carbocycles. The van der Waals surface area contributed by atoms with Crippen molar-refractivity contribution in [3.8, 4) is 5.69 Å². The molecule has 0 saturated heterocycles. The third-order valence-electron chi connectivity index (χ3n) is 4.19. The number of amides is 1. The fraction of sp³-hybridized carbons (Fsp3) is 0.200. The highest BCUT2D eigenvalue weighted by Gasteiger charge is 2.16. The Balaban J connectivity index is 1.79. The van der Waals surface area contributed by atoms with Gasteiger partial charge in [-0.3, -0.25) is 4.79 Å². The maximum atomic E-state index is 13.1. The fourth-order valence-corrected chi connectivity index (χ4v) is 2.77. The Morgan fingerprint density at radius 2 is 1.68 bits per heavy atom. The number of carbonyl (C=O) groups excluding carboxylic acids is 1. The van der Waals surface area contributed by atoms with Crippen molar-refractivity contribution < 1.29 is 9.18 Å². The number of rotatable bonds is 4. The SMILES string of the molecule is Cc1ccc(NC(=O)Cc2c(C)nn(-c3ccc(F)cc3)c2C)cc1. The fourth-order valence-electron chi connectivity index (χ4n) is 2.77. The molecule has 2 aromatic carbocycles. The van der Waals surface area contributed by atoms with Crippen LogP contribution in [0.4, 0.5) is 10.1 Å². The normalized spacial score (nSPS) is 10.7. The van der Waals surface area contributed by atoms with Crippen LogP contribution in [0.25, 0.3) is 5.69 Å². The maximum absolute atomic E-state index is 13.1. The van der Waals surface area contributed by atoms with E-state index in [4.69, 9.17) is 0 Å². The highest BCUT2D eigenvalue weighted by molar-refractivity contribution is 5.92. The molecule has 0 atom stereocenters. The van der Waals surface area contributed by atoms with Crippen LogP contribution in [0, 0.1) is 26.6 Å². The summed E-state index contributed by atoms with van der Waals surface area (Å²) >= 11 is 0. The number of aromatic nitrogens is 2. The summed E-state index contributed by atoms with van der Waals surface area (Å²) in [6.07, 6.45) is 0.243. The van der Waals surface area contributed by atoms with E-state index in [0.717, 1.165) is 33.9 Å². The highest BCUT2D eigenvalue weighted by Crippen LogP contribution is 2.19. The minimum absolute atomic E-state index is 0.0892. The number of nitrogens with zero attached hydrogens (tertiary/aromatic N) is 2. The topological polar surface area (TPSA) is 46.9 Å². The molecule has 0 aliphatic carbocycles. The first-order valence-corrected chi connectivity index (χ1v) is 8.11. The van der Waals surface area contributed by atoms with Gasteiger partial charge in [0, 0.05) is 16.9 Å². The van der Waals surface area contributed by atoms with Gasteiger partial charge in [0.15, 0.2) is 0 Å². The maximum Gasteiger partial charge on any atom is 0.228 e. The number of halogens is 1. The Morgan fingerprint density at radius 3 is 2.32 bits per heavy atom. The van der Waals surface area contributed by atoms with Gasteiger partial charge in [0.2, 0.25) is 5.91 Å². The minimum Gasteiger partial charge on any atom is -0.326 e. The van der Waals surface area contributed by atoms with Gasteiger partial charge in [-0.15, -0.1) is 0 Å². The monoisotopic (exact) mass is 337 g/mol. The van der Waals surface area contributed by atoms with Gasteiger partial charge >= 0.3 is 0 Å². The Labute approximate surface area is 146 Å². The van der Waals surface area contributed by atoms with E-state index in [1.165, 1.54) is 12.1 Å². The van der Waals surface area contributed by atoms with Crippen molar-refractivity contribution in [1.82, 2.24) is 9.78 Å². The lowest BCUT2D eigenvalue weighted by Crippen LogP contribution is -2.15. The van der Waals surface area contributed by atoms with E-state index in [2.05, 4.69) is 10.4 Å². The predicted molar refractivity (Wildman–Crippen MR) is 96.5 cm³/mol. The molecule has 0 unspecified atom stereocenters. The summed E-state index contributed by atoms with van der Waals surface area (Å²) in [5.41, 5.74) is 5.24. The van der Waals surface area contributed by atoms with Gasteiger partial charge in [-0.2, -0.15) is 5.10 Å². The van der Waals surface area contributed by atoms with E-state index in [9.17, 15) is 9.18 Å². The number of nitrogens with one attached hydrogen (secondary N) is 1. The minimum atomic E-state index is -0.289. The molecular formula is C20H20FN3O. The number of hydrogen-bond acceptors (Lipinski definition) is 2. The van der Waals surface area contributed by atoms with Crippen molar-refractivity contribution in [2.24, 2.45) is 0 Å². The van der Waals surface area contributed by atoms with Crippen LogP contribution < -0.4 is 5.32 Å². The molecule has 1 amide bonds. The lowest BCUT2D eigenvalue weighted by molar-refractivity contribution is -0.115. The molecule has 0 bridgehead atoms. The van der Waals surface area contributed by atoms with Crippen LogP contribution in [0.2, 0.25) is 0 Å². The zero-order chi connectivity index (χ0) is 18.0. The summed E-state index contributed by atoms with van der Waals surface area (Å²) < 4.78 is 14.8. The second-order valence-corrected chi connectivity index (χ2v) is 6.13. The van der Waals surface area contributed by atoms with Crippen LogP contribution in [0.5, 0.6) is 0 Å². The van der Waals surface area contributed by atoms with Gasteiger partial charge < -0.3 is 5.32 Å². The number of anilines is 1. The Bertz CT molecular complexity index is 896. The zero-order valence-corrected chi connectivity index (χ0v) is 14.5. The van der Waals surface area contributed by atoms with Crippen LogP contribution in [-0.2, 0) is 11.2 Å². The molecule has 0 fully saturated rings. The van der Waals surface area contributed by atoms with E-state index < -0.39 is 0 Å². The number of hydrogen-bond donors (Lipinski definition) is 1. The summed E-state index contributed by atoms with van der Waals surface area (Å²) in [5.74, 6) is -0.378. The van der Waals surface area contributed by atoms with Crippen molar-refractivity contribution in [3.63, 3.8) is 0 Å². The van der Waals surface area contributed by atoms with Crippen molar-refractivity contribution in [2.75, 3.05) is 5.32 Å². The summed E-state index contributed by atoms with van der Waals surface area (Å²) in [4.78, 5) is 12.4. The van der Waals surface area contributed by atoms with Crippen molar-refractivity contribution in [3.05, 3.63) is 76.9 Å². The van der Waals surface area contributed by atoms with Crippen LogP contribution in [0.15, 0.2) is 48.5 Å². The number of carbonyl (C=O) groups is 1.